The van der Waals surface area contributed by atoms with Crippen LogP contribution in [0.1, 0.15) is 55.1 Å². The maximum absolute atomic E-state index is 12.7. The number of Topliss-reactive ketones (excluding diaryl/α,β-unsaturated/α-hetero) is 1. The van der Waals surface area contributed by atoms with Crippen molar-refractivity contribution in [1.82, 2.24) is 5.32 Å². The summed E-state index contributed by atoms with van der Waals surface area (Å²) in [7, 11) is 0. The number of ketones is 1. The van der Waals surface area contributed by atoms with E-state index in [1.54, 1.807) is 24.3 Å². The molecule has 0 unspecified atom stereocenters. The highest BCUT2D eigenvalue weighted by atomic mass is 32.1. The first kappa shape index (κ1) is 23.5. The topological polar surface area (TPSA) is 67.4 Å². The van der Waals surface area contributed by atoms with Gasteiger partial charge in [-0.3, -0.25) is 9.59 Å². The quantitative estimate of drug-likeness (QED) is 0.345. The summed E-state index contributed by atoms with van der Waals surface area (Å²) in [6.07, 6.45) is 1.40. The molecule has 2 aromatic rings. The molecular weight excluding hydrogens is 396 g/mol. The van der Waals surface area contributed by atoms with Gasteiger partial charge in [0.15, 0.2) is 10.9 Å². The van der Waals surface area contributed by atoms with Crippen molar-refractivity contribution < 1.29 is 14.3 Å². The summed E-state index contributed by atoms with van der Waals surface area (Å²) in [5, 5.41) is 5.92. The predicted octanol–water partition coefficient (Wildman–Crippen LogP) is 5.20. The third-order valence-electron chi connectivity index (χ3n) is 4.92. The Morgan fingerprint density at radius 1 is 1.10 bits per heavy atom. The number of rotatable bonds is 8. The molecule has 160 valence electrons. The van der Waals surface area contributed by atoms with Crippen molar-refractivity contribution in [3.8, 4) is 5.75 Å². The highest BCUT2D eigenvalue weighted by Gasteiger charge is 2.27. The van der Waals surface area contributed by atoms with E-state index in [9.17, 15) is 9.59 Å². The van der Waals surface area contributed by atoms with Crippen LogP contribution >= 0.6 is 12.2 Å². The fourth-order valence-corrected chi connectivity index (χ4v) is 3.13. The maximum atomic E-state index is 12.7. The van der Waals surface area contributed by atoms with Crippen LogP contribution in [0.5, 0.6) is 5.75 Å². The first-order chi connectivity index (χ1) is 14.1. The molecule has 0 atom stereocenters. The average Bonchev–Trinajstić information content (AvgIpc) is 2.67. The molecule has 0 aliphatic rings. The third-order valence-corrected chi connectivity index (χ3v) is 5.12. The van der Waals surface area contributed by atoms with Gasteiger partial charge in [-0.05, 0) is 75.2 Å². The fraction of sp³-hybridized carbons (Fsp3) is 0.375. The minimum atomic E-state index is -0.599. The van der Waals surface area contributed by atoms with Crippen LogP contribution in [0.25, 0.3) is 0 Å². The van der Waals surface area contributed by atoms with Crippen molar-refractivity contribution in [2.24, 2.45) is 5.41 Å². The Hall–Kier alpha value is -2.73. The Bertz CT molecular complexity index is 938. The molecule has 0 aliphatic carbocycles. The van der Waals surface area contributed by atoms with E-state index in [0.717, 1.165) is 23.3 Å². The fourth-order valence-electron chi connectivity index (χ4n) is 2.92. The van der Waals surface area contributed by atoms with Crippen LogP contribution < -0.4 is 15.4 Å². The molecule has 0 bridgehead atoms. The Labute approximate surface area is 184 Å². The molecule has 2 rings (SSSR count). The molecule has 0 heterocycles. The molecule has 0 aromatic heterocycles. The zero-order valence-corrected chi connectivity index (χ0v) is 19.1. The molecule has 0 spiro atoms. The molecule has 0 fully saturated rings. The monoisotopic (exact) mass is 426 g/mol. The van der Waals surface area contributed by atoms with E-state index < -0.39 is 5.41 Å². The number of anilines is 1. The number of carbonyl (C=O) groups excluding carboxylic acids is 2. The highest BCUT2D eigenvalue weighted by Crippen LogP contribution is 2.24. The van der Waals surface area contributed by atoms with E-state index in [4.69, 9.17) is 17.0 Å². The zero-order chi connectivity index (χ0) is 22.3. The minimum Gasteiger partial charge on any atom is -0.493 e. The van der Waals surface area contributed by atoms with Gasteiger partial charge in [-0.2, -0.15) is 0 Å². The van der Waals surface area contributed by atoms with Crippen molar-refractivity contribution in [2.45, 2.75) is 47.5 Å². The third kappa shape index (κ3) is 6.95. The van der Waals surface area contributed by atoms with Gasteiger partial charge in [0.1, 0.15) is 5.75 Å². The summed E-state index contributed by atoms with van der Waals surface area (Å²) >= 11 is 5.26. The van der Waals surface area contributed by atoms with Crippen LogP contribution in [-0.4, -0.2) is 23.4 Å². The van der Waals surface area contributed by atoms with Gasteiger partial charge in [0.2, 0.25) is 5.91 Å². The molecule has 2 aromatic carbocycles. The van der Waals surface area contributed by atoms with Crippen LogP contribution in [0.15, 0.2) is 42.5 Å². The molecule has 2 N–H and O–H groups in total. The number of aryl methyl sites for hydroxylation is 2. The maximum Gasteiger partial charge on any atom is 0.231 e. The van der Waals surface area contributed by atoms with Crippen molar-refractivity contribution in [1.29, 1.82) is 0 Å². The lowest BCUT2D eigenvalue weighted by Gasteiger charge is -2.24. The number of hydrogen-bond acceptors (Lipinski definition) is 4. The van der Waals surface area contributed by atoms with E-state index in [1.807, 2.05) is 39.8 Å². The van der Waals surface area contributed by atoms with Crippen LogP contribution in [0.2, 0.25) is 0 Å². The summed E-state index contributed by atoms with van der Waals surface area (Å²) in [6.45, 7) is 9.88. The van der Waals surface area contributed by atoms with Gasteiger partial charge in [-0.1, -0.05) is 38.1 Å². The van der Waals surface area contributed by atoms with E-state index in [-0.39, 0.29) is 16.8 Å². The number of benzene rings is 2. The smallest absolute Gasteiger partial charge is 0.231 e. The Kier molecular flexibility index (Phi) is 8.12. The molecule has 30 heavy (non-hydrogen) atoms. The van der Waals surface area contributed by atoms with Crippen molar-refractivity contribution in [2.75, 3.05) is 11.9 Å². The van der Waals surface area contributed by atoms with Gasteiger partial charge >= 0.3 is 0 Å². The largest absolute Gasteiger partial charge is 0.493 e. The first-order valence-corrected chi connectivity index (χ1v) is 10.4. The SMILES string of the molecule is CC(=O)c1cccc(NC(=S)NC(=O)C(C)(C)CCCOc2cc(C)ccc2C)c1. The zero-order valence-electron chi connectivity index (χ0n) is 18.3. The number of nitrogens with one attached hydrogen (secondary N) is 2. The first-order valence-electron chi connectivity index (χ1n) is 10.0. The van der Waals surface area contributed by atoms with Gasteiger partial charge in [-0.25, -0.2) is 0 Å². The lowest BCUT2D eigenvalue weighted by molar-refractivity contribution is -0.128. The molecule has 0 saturated heterocycles. The van der Waals surface area contributed by atoms with Gasteiger partial charge in [-0.15, -0.1) is 0 Å². The van der Waals surface area contributed by atoms with E-state index in [0.29, 0.717) is 24.3 Å². The number of carbonyl (C=O) groups is 2. The summed E-state index contributed by atoms with van der Waals surface area (Å²) in [5.41, 5.74) is 2.90. The van der Waals surface area contributed by atoms with Gasteiger partial charge in [0.25, 0.3) is 0 Å². The Morgan fingerprint density at radius 3 is 2.53 bits per heavy atom. The van der Waals surface area contributed by atoms with Crippen LogP contribution in [0, 0.1) is 19.3 Å². The normalized spacial score (nSPS) is 11.0. The second-order valence-electron chi connectivity index (χ2n) is 8.15. The van der Waals surface area contributed by atoms with E-state index >= 15 is 0 Å². The summed E-state index contributed by atoms with van der Waals surface area (Å²) in [5.74, 6) is 0.697. The average molecular weight is 427 g/mol. The molecule has 0 saturated carbocycles. The second kappa shape index (κ2) is 10.3. The molecule has 1 amide bonds. The minimum absolute atomic E-state index is 0.0298. The predicted molar refractivity (Wildman–Crippen MR) is 125 cm³/mol. The molecule has 5 nitrogen and oxygen atoms in total. The molecular formula is C24H30N2O3S. The molecule has 0 radical (unpaired) electrons. The highest BCUT2D eigenvalue weighted by molar-refractivity contribution is 7.80. The summed E-state index contributed by atoms with van der Waals surface area (Å²) in [4.78, 5) is 24.2. The van der Waals surface area contributed by atoms with Crippen LogP contribution in [0.3, 0.4) is 0 Å². The van der Waals surface area contributed by atoms with Gasteiger partial charge in [0, 0.05) is 16.7 Å². The Balaban J connectivity index is 1.83. The number of amides is 1. The van der Waals surface area contributed by atoms with Crippen molar-refractivity contribution >= 4 is 34.7 Å². The van der Waals surface area contributed by atoms with Crippen LogP contribution in [-0.2, 0) is 4.79 Å². The van der Waals surface area contributed by atoms with Crippen LogP contribution in [0.4, 0.5) is 5.69 Å². The number of thiocarbonyl (C=S) groups is 1. The van der Waals surface area contributed by atoms with E-state index in [1.165, 1.54) is 6.92 Å². The van der Waals surface area contributed by atoms with Gasteiger partial charge < -0.3 is 15.4 Å². The molecule has 0 aliphatic heterocycles. The van der Waals surface area contributed by atoms with E-state index in [2.05, 4.69) is 16.7 Å². The standard InChI is InChI=1S/C24H30N2O3S/c1-16-10-11-17(2)21(14-16)29-13-7-12-24(4,5)22(28)26-23(30)25-20-9-6-8-19(15-20)18(3)27/h6,8-11,14-15H,7,12-13H2,1-5H3,(H2,25,26,28,30). The Morgan fingerprint density at radius 2 is 1.83 bits per heavy atom. The van der Waals surface area contributed by atoms with Crippen molar-refractivity contribution in [3.05, 3.63) is 59.2 Å². The lowest BCUT2D eigenvalue weighted by Crippen LogP contribution is -2.42. The van der Waals surface area contributed by atoms with Crippen molar-refractivity contribution in [3.63, 3.8) is 0 Å². The second-order valence-corrected chi connectivity index (χ2v) is 8.56. The number of hydrogen-bond donors (Lipinski definition) is 2. The summed E-state index contributed by atoms with van der Waals surface area (Å²) < 4.78 is 5.89. The molecule has 6 heteroatoms. The number of ether oxygens (including phenoxy) is 1. The lowest BCUT2D eigenvalue weighted by atomic mass is 9.87. The summed E-state index contributed by atoms with van der Waals surface area (Å²) in [6, 6.07) is 13.1. The van der Waals surface area contributed by atoms with Gasteiger partial charge in [0.05, 0.1) is 6.61 Å².